The molecular weight excluding hydrogens is 623 g/mol. The molecule has 0 N–H and O–H groups in total. The molecule has 10 aromatic rings. The van der Waals surface area contributed by atoms with E-state index in [-0.39, 0.29) is 5.41 Å². The van der Waals surface area contributed by atoms with E-state index in [2.05, 4.69) is 146 Å². The third-order valence-corrected chi connectivity index (χ3v) is 12.8. The summed E-state index contributed by atoms with van der Waals surface area (Å²) in [6.07, 6.45) is 0. The lowest BCUT2D eigenvalue weighted by Gasteiger charge is -2.35. The molecule has 0 saturated heterocycles. The number of hydrogen-bond acceptors (Lipinski definition) is 4. The van der Waals surface area contributed by atoms with Gasteiger partial charge in [-0.25, -0.2) is 9.97 Å². The van der Waals surface area contributed by atoms with Crippen LogP contribution >= 0.6 is 22.7 Å². The van der Waals surface area contributed by atoms with Gasteiger partial charge in [-0.2, -0.15) is 0 Å². The minimum Gasteiger partial charge on any atom is -0.307 e. The number of nitrogens with zero attached hydrogens (tertiary/aromatic N) is 3. The van der Waals surface area contributed by atoms with Crippen LogP contribution in [0.2, 0.25) is 0 Å². The number of thiophene rings is 2. The van der Waals surface area contributed by atoms with E-state index in [1.807, 2.05) is 22.7 Å². The minimum absolute atomic E-state index is 0.209. The lowest BCUT2D eigenvalue weighted by atomic mass is 9.74. The first-order valence-corrected chi connectivity index (χ1v) is 18.0. The lowest BCUT2D eigenvalue weighted by molar-refractivity contribution is 0.630. The van der Waals surface area contributed by atoms with Crippen LogP contribution in [0.1, 0.15) is 25.0 Å². The maximum Gasteiger partial charge on any atom is 0.160 e. The van der Waals surface area contributed by atoms with E-state index in [4.69, 9.17) is 9.97 Å². The summed E-state index contributed by atoms with van der Waals surface area (Å²) in [5, 5.41) is 6.29. The van der Waals surface area contributed by atoms with E-state index in [9.17, 15) is 0 Å². The largest absolute Gasteiger partial charge is 0.307 e. The molecule has 0 saturated carbocycles. The maximum absolute atomic E-state index is 5.40. The van der Waals surface area contributed by atoms with Crippen molar-refractivity contribution in [2.75, 3.05) is 0 Å². The van der Waals surface area contributed by atoms with Crippen molar-refractivity contribution in [3.63, 3.8) is 0 Å². The highest BCUT2D eigenvalue weighted by atomic mass is 32.1. The van der Waals surface area contributed by atoms with Crippen molar-refractivity contribution in [2.45, 2.75) is 19.3 Å². The van der Waals surface area contributed by atoms with E-state index in [1.54, 1.807) is 0 Å². The van der Waals surface area contributed by atoms with Gasteiger partial charge in [-0.05, 0) is 47.5 Å². The predicted octanol–water partition coefficient (Wildman–Crippen LogP) is 12.3. The average molecular weight is 650 g/mol. The fourth-order valence-electron chi connectivity index (χ4n) is 8.12. The molecule has 1 aliphatic rings. The van der Waals surface area contributed by atoms with Gasteiger partial charge in [-0.1, -0.05) is 105 Å². The SMILES string of the molecule is CC1(C)c2cc(-c3nc(-c4cccc5c4sc4ccccc45)c4ccccc4n3)ccc2-n2c3c1cccc3c1sc3ccccc3c12. The van der Waals surface area contributed by atoms with Crippen LogP contribution in [0.5, 0.6) is 0 Å². The monoisotopic (exact) mass is 649 g/mol. The molecule has 0 amide bonds. The molecule has 0 spiro atoms. The zero-order valence-corrected chi connectivity index (χ0v) is 27.9. The third kappa shape index (κ3) is 3.42. The summed E-state index contributed by atoms with van der Waals surface area (Å²) >= 11 is 3.74. The number of fused-ring (bicyclic) bond motifs is 11. The summed E-state index contributed by atoms with van der Waals surface area (Å²) < 4.78 is 7.77. The molecule has 0 bridgehead atoms. The topological polar surface area (TPSA) is 30.7 Å². The molecule has 0 unspecified atom stereocenters. The summed E-state index contributed by atoms with van der Waals surface area (Å²) in [5.74, 6) is 0.753. The first kappa shape index (κ1) is 26.7. The Morgan fingerprint density at radius 1 is 0.542 bits per heavy atom. The highest BCUT2D eigenvalue weighted by molar-refractivity contribution is 7.27. The second-order valence-corrected chi connectivity index (χ2v) is 15.5. The normalized spacial score (nSPS) is 13.8. The quantitative estimate of drug-likeness (QED) is 0.187. The van der Waals surface area contributed by atoms with Gasteiger partial charge >= 0.3 is 0 Å². The molecule has 6 aromatic carbocycles. The Bertz CT molecular complexity index is 2990. The van der Waals surface area contributed by atoms with Gasteiger partial charge in [0, 0.05) is 57.6 Å². The third-order valence-electron chi connectivity index (χ3n) is 10.4. The Morgan fingerprint density at radius 2 is 1.23 bits per heavy atom. The Balaban J connectivity index is 1.18. The molecule has 1 aliphatic heterocycles. The Morgan fingerprint density at radius 3 is 2.10 bits per heavy atom. The van der Waals surface area contributed by atoms with Crippen molar-refractivity contribution in [3.05, 3.63) is 139 Å². The molecule has 5 heteroatoms. The van der Waals surface area contributed by atoms with Crippen LogP contribution in [0, 0.1) is 0 Å². The average Bonchev–Trinajstić information content (AvgIpc) is 3.79. The van der Waals surface area contributed by atoms with Crippen molar-refractivity contribution in [1.82, 2.24) is 14.5 Å². The van der Waals surface area contributed by atoms with Gasteiger partial charge in [0.2, 0.25) is 0 Å². The fraction of sp³-hybridized carbons (Fsp3) is 0.0698. The van der Waals surface area contributed by atoms with Crippen LogP contribution in [-0.2, 0) is 5.41 Å². The van der Waals surface area contributed by atoms with E-state index in [1.165, 1.54) is 68.2 Å². The predicted molar refractivity (Wildman–Crippen MR) is 205 cm³/mol. The summed E-state index contributed by atoms with van der Waals surface area (Å²) in [5.41, 5.74) is 10.4. The minimum atomic E-state index is -0.209. The van der Waals surface area contributed by atoms with E-state index in [0.717, 1.165) is 33.5 Å². The number of para-hydroxylation sites is 2. The Hall–Kier alpha value is -5.36. The molecule has 0 fully saturated rings. The van der Waals surface area contributed by atoms with Crippen molar-refractivity contribution in [3.8, 4) is 28.3 Å². The maximum atomic E-state index is 5.40. The number of rotatable bonds is 2. The highest BCUT2D eigenvalue weighted by Gasteiger charge is 2.36. The molecule has 48 heavy (non-hydrogen) atoms. The molecule has 0 radical (unpaired) electrons. The molecular formula is C43H27N3S2. The van der Waals surface area contributed by atoms with Gasteiger partial charge in [-0.3, -0.25) is 0 Å². The first-order chi connectivity index (χ1) is 23.6. The van der Waals surface area contributed by atoms with E-state index < -0.39 is 0 Å². The van der Waals surface area contributed by atoms with Crippen LogP contribution in [0.4, 0.5) is 0 Å². The second kappa shape index (κ2) is 9.38. The van der Waals surface area contributed by atoms with Crippen LogP contribution < -0.4 is 0 Å². The summed E-state index contributed by atoms with van der Waals surface area (Å²) in [6.45, 7) is 4.73. The molecule has 4 aromatic heterocycles. The summed E-state index contributed by atoms with van der Waals surface area (Å²) in [4.78, 5) is 10.6. The van der Waals surface area contributed by atoms with Gasteiger partial charge < -0.3 is 4.57 Å². The number of hydrogen-bond donors (Lipinski definition) is 0. The van der Waals surface area contributed by atoms with E-state index in [0.29, 0.717) is 0 Å². The molecule has 11 rings (SSSR count). The second-order valence-electron chi connectivity index (χ2n) is 13.4. The van der Waals surface area contributed by atoms with Crippen molar-refractivity contribution >= 4 is 85.0 Å². The van der Waals surface area contributed by atoms with Crippen LogP contribution in [0.3, 0.4) is 0 Å². The zero-order valence-electron chi connectivity index (χ0n) is 26.3. The summed E-state index contributed by atoms with van der Waals surface area (Å²) in [6, 6.07) is 46.3. The molecule has 5 heterocycles. The standard InChI is InChI=1S/C43H27N3S2/c1-43(2)31-17-10-16-30-38(31)46(39-28-13-5-8-20-36(28)48-41(30)39)34-22-21-24(23-32(34)43)42-44-33-18-6-3-12-27(33)37(45-42)29-15-9-14-26-25-11-4-7-19-35(25)47-40(26)29/h3-23H,1-2H3. The van der Waals surface area contributed by atoms with Gasteiger partial charge in [0.05, 0.1) is 32.6 Å². The van der Waals surface area contributed by atoms with Crippen LogP contribution in [-0.4, -0.2) is 14.5 Å². The van der Waals surface area contributed by atoms with Gasteiger partial charge in [-0.15, -0.1) is 22.7 Å². The van der Waals surface area contributed by atoms with Gasteiger partial charge in [0.25, 0.3) is 0 Å². The molecule has 0 atom stereocenters. The number of benzene rings is 6. The molecule has 226 valence electrons. The van der Waals surface area contributed by atoms with Crippen LogP contribution in [0.15, 0.2) is 127 Å². The first-order valence-electron chi connectivity index (χ1n) is 16.3. The van der Waals surface area contributed by atoms with Crippen molar-refractivity contribution in [1.29, 1.82) is 0 Å². The molecule has 3 nitrogen and oxygen atoms in total. The van der Waals surface area contributed by atoms with Crippen LogP contribution in [0.25, 0.3) is 90.6 Å². The van der Waals surface area contributed by atoms with E-state index >= 15 is 0 Å². The Kier molecular flexibility index (Phi) is 5.21. The number of aromatic nitrogens is 3. The zero-order chi connectivity index (χ0) is 31.7. The molecule has 0 aliphatic carbocycles. The highest BCUT2D eigenvalue weighted by Crippen LogP contribution is 2.51. The van der Waals surface area contributed by atoms with Crippen molar-refractivity contribution in [2.24, 2.45) is 0 Å². The summed E-state index contributed by atoms with van der Waals surface area (Å²) in [7, 11) is 0. The smallest absolute Gasteiger partial charge is 0.160 e. The fourth-order valence-corrected chi connectivity index (χ4v) is 10.6. The lowest BCUT2D eigenvalue weighted by Crippen LogP contribution is -2.26. The van der Waals surface area contributed by atoms with Gasteiger partial charge in [0.15, 0.2) is 5.82 Å². The van der Waals surface area contributed by atoms with Gasteiger partial charge in [0.1, 0.15) is 0 Å². The Labute approximate surface area is 284 Å². The van der Waals surface area contributed by atoms with Crippen molar-refractivity contribution < 1.29 is 0 Å².